The summed E-state index contributed by atoms with van der Waals surface area (Å²) in [6.07, 6.45) is 0. The second-order valence-corrected chi connectivity index (χ2v) is 0. The van der Waals surface area contributed by atoms with Gasteiger partial charge >= 0.3 is 103 Å². The third-order valence-electron chi connectivity index (χ3n) is 0. The molecule has 0 aliphatic heterocycles. The van der Waals surface area contributed by atoms with E-state index < -0.39 is 0 Å². The third-order valence-corrected chi connectivity index (χ3v) is 0. The van der Waals surface area contributed by atoms with Gasteiger partial charge in [-0.1, -0.05) is 0 Å². The summed E-state index contributed by atoms with van der Waals surface area (Å²) in [6.45, 7) is 0. The zero-order chi connectivity index (χ0) is 0. The molecule has 0 rings (SSSR count). The van der Waals surface area contributed by atoms with E-state index in [0.29, 0.717) is 0 Å². The van der Waals surface area contributed by atoms with Crippen molar-refractivity contribution in [2.75, 3.05) is 0 Å². The predicted molar refractivity (Wildman–Crippen MR) is 27.4 cm³/mol. The Morgan fingerprint density at radius 3 is 0.333 bits per heavy atom. The second kappa shape index (κ2) is 94.6. The third kappa shape index (κ3) is 77.9. The first-order chi connectivity index (χ1) is 0. The molecule has 0 spiro atoms. The van der Waals surface area contributed by atoms with Gasteiger partial charge in [0.25, 0.3) is 0 Å². The van der Waals surface area contributed by atoms with Crippen LogP contribution in [0.15, 0.2) is 0 Å². The Hall–Kier alpha value is 3.83. The summed E-state index contributed by atoms with van der Waals surface area (Å²) >= 11 is 0. The molecular weight excluding hydrogens is 293 g/mol. The van der Waals surface area contributed by atoms with Gasteiger partial charge in [0.1, 0.15) is 0 Å². The van der Waals surface area contributed by atoms with Crippen LogP contribution in [-0.4, -0.2) is 56.8 Å². The van der Waals surface area contributed by atoms with Crippen molar-refractivity contribution in [1.29, 1.82) is 0 Å². The Morgan fingerprint density at radius 1 is 0.333 bits per heavy atom. The van der Waals surface area contributed by atoms with Crippen LogP contribution >= 0.6 is 0 Å². The average molecular weight is 305 g/mol. The molecule has 12 N–H and O–H groups in total. The van der Waals surface area contributed by atoms with Gasteiger partial charge in [0.2, 0.25) is 0 Å². The summed E-state index contributed by atoms with van der Waals surface area (Å²) in [5.74, 6) is 0. The standard InChI is InChI=1S/2K.6H2O.Sn/h;;6*1H2;/q2*+1;;;;;;;. The van der Waals surface area contributed by atoms with Crippen molar-refractivity contribution in [2.24, 2.45) is 0 Å². The molecule has 0 unspecified atom stereocenters. The molecular formula is H12K2O6Sn+2. The second-order valence-electron chi connectivity index (χ2n) is 0. The minimum Gasteiger partial charge on any atom is -0.412 e. The number of rotatable bonds is 0. The van der Waals surface area contributed by atoms with E-state index in [1.54, 1.807) is 0 Å². The van der Waals surface area contributed by atoms with Crippen LogP contribution in [0.4, 0.5) is 0 Å². The molecule has 6 nitrogen and oxygen atoms in total. The van der Waals surface area contributed by atoms with Gasteiger partial charge in [-0.3, -0.25) is 0 Å². The molecule has 9 heavy (non-hydrogen) atoms. The van der Waals surface area contributed by atoms with E-state index in [1.165, 1.54) is 0 Å². The van der Waals surface area contributed by atoms with E-state index in [0.717, 1.165) is 0 Å². The quantitative estimate of drug-likeness (QED) is 0.384. The van der Waals surface area contributed by atoms with Crippen molar-refractivity contribution in [3.05, 3.63) is 0 Å². The zero-order valence-corrected chi connectivity index (χ0v) is 14.6. The van der Waals surface area contributed by atoms with Crippen LogP contribution in [0.2, 0.25) is 0 Å². The maximum Gasteiger partial charge on any atom is 1.00 e. The van der Waals surface area contributed by atoms with Gasteiger partial charge in [0.15, 0.2) is 0 Å². The monoisotopic (exact) mass is 306 g/mol. The van der Waals surface area contributed by atoms with Crippen molar-refractivity contribution in [1.82, 2.24) is 0 Å². The Balaban J connectivity index is 0. The SMILES string of the molecule is O.O.O.O.O.O.[K+].[K+].[Sn]. The van der Waals surface area contributed by atoms with E-state index in [-0.39, 0.29) is 160 Å². The van der Waals surface area contributed by atoms with Gasteiger partial charge in [-0.25, -0.2) is 0 Å². The molecule has 9 heteroatoms. The molecule has 0 atom stereocenters. The summed E-state index contributed by atoms with van der Waals surface area (Å²) in [4.78, 5) is 0. The molecule has 52 valence electrons. The van der Waals surface area contributed by atoms with Crippen LogP contribution in [0.1, 0.15) is 0 Å². The topological polar surface area (TPSA) is 189 Å². The summed E-state index contributed by atoms with van der Waals surface area (Å²) in [5.41, 5.74) is 0. The Bertz CT molecular complexity index is 11.0. The van der Waals surface area contributed by atoms with Gasteiger partial charge in [-0.05, 0) is 0 Å². The molecule has 0 aliphatic carbocycles. The van der Waals surface area contributed by atoms with E-state index >= 15 is 0 Å². The Morgan fingerprint density at radius 2 is 0.333 bits per heavy atom. The van der Waals surface area contributed by atoms with Crippen LogP contribution in [0.25, 0.3) is 0 Å². The smallest absolute Gasteiger partial charge is 0.412 e. The van der Waals surface area contributed by atoms with Crippen LogP contribution in [0.3, 0.4) is 0 Å². The first-order valence-electron chi connectivity index (χ1n) is 0. The van der Waals surface area contributed by atoms with Crippen molar-refractivity contribution < 1.29 is 136 Å². The summed E-state index contributed by atoms with van der Waals surface area (Å²) in [7, 11) is 0. The Kier molecular flexibility index (Phi) is 1290. The van der Waals surface area contributed by atoms with Gasteiger partial charge in [-0.15, -0.1) is 0 Å². The summed E-state index contributed by atoms with van der Waals surface area (Å²) < 4.78 is 0. The molecule has 4 radical (unpaired) electrons. The van der Waals surface area contributed by atoms with Crippen LogP contribution in [0, 0.1) is 0 Å². The molecule has 0 fully saturated rings. The van der Waals surface area contributed by atoms with E-state index in [1.807, 2.05) is 0 Å². The fourth-order valence-corrected chi connectivity index (χ4v) is 0. The van der Waals surface area contributed by atoms with Crippen molar-refractivity contribution in [3.8, 4) is 0 Å². The minimum atomic E-state index is 0. The fourth-order valence-electron chi connectivity index (χ4n) is 0. The van der Waals surface area contributed by atoms with E-state index in [4.69, 9.17) is 0 Å². The number of hydrogen-bond donors (Lipinski definition) is 0. The van der Waals surface area contributed by atoms with Gasteiger partial charge in [0, 0.05) is 23.9 Å². The van der Waals surface area contributed by atoms with Crippen LogP contribution in [0.5, 0.6) is 0 Å². The fraction of sp³-hybridized carbons (Fsp3) is 0. The van der Waals surface area contributed by atoms with E-state index in [2.05, 4.69) is 0 Å². The molecule has 0 amide bonds. The molecule has 0 aromatic carbocycles. The number of hydrogen-bond acceptors (Lipinski definition) is 0. The molecule has 0 aliphatic rings. The minimum absolute atomic E-state index is 0. The maximum absolute atomic E-state index is 0. The van der Waals surface area contributed by atoms with Gasteiger partial charge in [0.05, 0.1) is 0 Å². The van der Waals surface area contributed by atoms with Crippen molar-refractivity contribution in [2.45, 2.75) is 0 Å². The van der Waals surface area contributed by atoms with Crippen LogP contribution in [-0.2, 0) is 0 Å². The van der Waals surface area contributed by atoms with Crippen LogP contribution < -0.4 is 103 Å². The predicted octanol–water partition coefficient (Wildman–Crippen LogP) is -11.3. The zero-order valence-electron chi connectivity index (χ0n) is 5.50. The van der Waals surface area contributed by atoms with Crippen molar-refractivity contribution in [3.63, 3.8) is 0 Å². The first-order valence-corrected chi connectivity index (χ1v) is 0. The molecule has 0 heterocycles. The largest absolute Gasteiger partial charge is 1.00 e. The molecule has 0 saturated carbocycles. The molecule has 0 aromatic rings. The normalized spacial score (nSPS) is 0. The summed E-state index contributed by atoms with van der Waals surface area (Å²) in [6, 6.07) is 0. The molecule has 0 saturated heterocycles. The molecule has 0 bridgehead atoms. The van der Waals surface area contributed by atoms with Gasteiger partial charge in [-0.2, -0.15) is 0 Å². The summed E-state index contributed by atoms with van der Waals surface area (Å²) in [5, 5.41) is 0. The van der Waals surface area contributed by atoms with E-state index in [9.17, 15) is 0 Å². The molecule has 0 aromatic heterocycles. The van der Waals surface area contributed by atoms with Gasteiger partial charge < -0.3 is 32.9 Å². The first kappa shape index (κ1) is 122. The maximum atomic E-state index is 0. The Labute approximate surface area is 155 Å². The van der Waals surface area contributed by atoms with Crippen molar-refractivity contribution >= 4 is 23.9 Å². The average Bonchev–Trinajstić information content (AvgIpc) is 0.